The first-order valence-corrected chi connectivity index (χ1v) is 8.24. The van der Waals surface area contributed by atoms with E-state index < -0.39 is 5.97 Å². The van der Waals surface area contributed by atoms with E-state index in [0.29, 0.717) is 17.1 Å². The largest absolute Gasteiger partial charge is 0.497 e. The van der Waals surface area contributed by atoms with E-state index >= 15 is 0 Å². The van der Waals surface area contributed by atoms with Crippen LogP contribution in [-0.4, -0.2) is 33.8 Å². The van der Waals surface area contributed by atoms with Gasteiger partial charge >= 0.3 is 5.97 Å². The molecule has 2 aromatic carbocycles. The molecule has 0 unspecified atom stereocenters. The molecule has 0 aromatic heterocycles. The number of nitrogens with one attached hydrogen (secondary N) is 1. The van der Waals surface area contributed by atoms with Crippen LogP contribution in [-0.2, 0) is 17.7 Å². The van der Waals surface area contributed by atoms with Crippen molar-refractivity contribution in [2.24, 2.45) is 0 Å². The van der Waals surface area contributed by atoms with Gasteiger partial charge in [-0.2, -0.15) is 0 Å². The van der Waals surface area contributed by atoms with E-state index in [4.69, 9.17) is 25.8 Å². The van der Waals surface area contributed by atoms with Crippen LogP contribution in [0.15, 0.2) is 36.4 Å². The Morgan fingerprint density at radius 3 is 2.56 bits per heavy atom. The maximum Gasteiger partial charge on any atom is 0.337 e. The Morgan fingerprint density at radius 2 is 1.88 bits per heavy atom. The molecule has 0 spiro atoms. The summed E-state index contributed by atoms with van der Waals surface area (Å²) < 4.78 is 15.4. The van der Waals surface area contributed by atoms with Gasteiger partial charge in [0.05, 0.1) is 26.9 Å². The highest BCUT2D eigenvalue weighted by atomic mass is 35.5. The smallest absolute Gasteiger partial charge is 0.337 e. The monoisotopic (exact) mass is 363 g/mol. The van der Waals surface area contributed by atoms with Crippen molar-refractivity contribution in [2.45, 2.75) is 13.0 Å². The van der Waals surface area contributed by atoms with Crippen LogP contribution in [0.1, 0.15) is 21.5 Å². The summed E-state index contributed by atoms with van der Waals surface area (Å²) in [6.45, 7) is 1.33. The lowest BCUT2D eigenvalue weighted by Gasteiger charge is -2.11. The number of halogens is 1. The van der Waals surface area contributed by atoms with Gasteiger partial charge in [-0.25, -0.2) is 4.79 Å². The molecule has 134 valence electrons. The number of benzene rings is 2. The van der Waals surface area contributed by atoms with Gasteiger partial charge in [0.2, 0.25) is 0 Å². The van der Waals surface area contributed by atoms with Gasteiger partial charge in [0, 0.05) is 11.6 Å². The zero-order valence-corrected chi connectivity index (χ0v) is 15.4. The van der Waals surface area contributed by atoms with Gasteiger partial charge in [0.25, 0.3) is 0 Å². The number of methoxy groups -OCH3 is 3. The van der Waals surface area contributed by atoms with Crippen molar-refractivity contribution in [3.63, 3.8) is 0 Å². The number of ether oxygens (including phenoxy) is 3. The van der Waals surface area contributed by atoms with E-state index in [0.717, 1.165) is 35.6 Å². The van der Waals surface area contributed by atoms with E-state index in [1.54, 1.807) is 26.4 Å². The zero-order chi connectivity index (χ0) is 18.2. The average Bonchev–Trinajstić information content (AvgIpc) is 2.63. The molecule has 2 aromatic rings. The van der Waals surface area contributed by atoms with Crippen LogP contribution in [0, 0.1) is 0 Å². The minimum Gasteiger partial charge on any atom is -0.497 e. The maximum atomic E-state index is 11.6. The standard InChI is InChI=1S/C19H22ClNO4/c1-23-17-4-5-18(24-2)14(11-17)6-7-21-12-13-8-15(19(22)25-3)10-16(20)9-13/h4-5,8-11,21H,6-7,12H2,1-3H3. The third-order valence-electron chi connectivity index (χ3n) is 3.77. The summed E-state index contributed by atoms with van der Waals surface area (Å²) in [5.74, 6) is 1.23. The van der Waals surface area contributed by atoms with Gasteiger partial charge in [-0.3, -0.25) is 0 Å². The molecular formula is C19H22ClNO4. The molecule has 0 aliphatic heterocycles. The fraction of sp³-hybridized carbons (Fsp3) is 0.316. The Bertz CT molecular complexity index is 733. The third kappa shape index (κ3) is 5.37. The van der Waals surface area contributed by atoms with E-state index in [9.17, 15) is 4.79 Å². The number of esters is 1. The van der Waals surface area contributed by atoms with Crippen molar-refractivity contribution < 1.29 is 19.0 Å². The Labute approximate surface area is 152 Å². The molecule has 0 radical (unpaired) electrons. The molecule has 0 saturated heterocycles. The van der Waals surface area contributed by atoms with Crippen molar-refractivity contribution in [3.05, 3.63) is 58.1 Å². The molecule has 0 amide bonds. The summed E-state index contributed by atoms with van der Waals surface area (Å²) in [6.07, 6.45) is 0.783. The van der Waals surface area contributed by atoms with Crippen LogP contribution in [0.25, 0.3) is 0 Å². The molecule has 0 bridgehead atoms. The molecule has 0 atom stereocenters. The molecular weight excluding hydrogens is 342 g/mol. The Morgan fingerprint density at radius 1 is 1.08 bits per heavy atom. The van der Waals surface area contributed by atoms with Crippen LogP contribution < -0.4 is 14.8 Å². The van der Waals surface area contributed by atoms with Crippen molar-refractivity contribution in [1.82, 2.24) is 5.32 Å². The van der Waals surface area contributed by atoms with Gasteiger partial charge in [-0.05, 0) is 60.5 Å². The van der Waals surface area contributed by atoms with E-state index in [-0.39, 0.29) is 0 Å². The SMILES string of the molecule is COC(=O)c1cc(Cl)cc(CNCCc2cc(OC)ccc2OC)c1. The van der Waals surface area contributed by atoms with Crippen molar-refractivity contribution in [1.29, 1.82) is 0 Å². The second-order valence-corrected chi connectivity index (χ2v) is 5.88. The molecule has 0 heterocycles. The molecule has 5 nitrogen and oxygen atoms in total. The molecule has 0 saturated carbocycles. The van der Waals surface area contributed by atoms with Gasteiger partial charge in [0.15, 0.2) is 0 Å². The fourth-order valence-corrected chi connectivity index (χ4v) is 2.78. The van der Waals surface area contributed by atoms with Crippen LogP contribution in [0.5, 0.6) is 11.5 Å². The van der Waals surface area contributed by atoms with Gasteiger partial charge in [-0.15, -0.1) is 0 Å². The first kappa shape index (κ1) is 19.1. The minimum absolute atomic E-state index is 0.398. The first-order chi connectivity index (χ1) is 12.1. The number of carbonyl (C=O) groups is 1. The van der Waals surface area contributed by atoms with E-state index in [1.165, 1.54) is 7.11 Å². The van der Waals surface area contributed by atoms with Crippen LogP contribution >= 0.6 is 11.6 Å². The lowest BCUT2D eigenvalue weighted by Crippen LogP contribution is -2.17. The van der Waals surface area contributed by atoms with Crippen molar-refractivity contribution in [2.75, 3.05) is 27.9 Å². The Hall–Kier alpha value is -2.24. The zero-order valence-electron chi connectivity index (χ0n) is 14.6. The number of hydrogen-bond donors (Lipinski definition) is 1. The van der Waals surface area contributed by atoms with Crippen LogP contribution in [0.3, 0.4) is 0 Å². The van der Waals surface area contributed by atoms with Gasteiger partial charge in [-0.1, -0.05) is 11.6 Å². The summed E-state index contributed by atoms with van der Waals surface area (Å²) in [5.41, 5.74) is 2.43. The summed E-state index contributed by atoms with van der Waals surface area (Å²) in [5, 5.41) is 3.85. The highest BCUT2D eigenvalue weighted by molar-refractivity contribution is 6.31. The quantitative estimate of drug-likeness (QED) is 0.575. The maximum absolute atomic E-state index is 11.6. The second kappa shape index (κ2) is 9.30. The molecule has 0 aliphatic carbocycles. The predicted molar refractivity (Wildman–Crippen MR) is 97.7 cm³/mol. The summed E-state index contributed by atoms with van der Waals surface area (Å²) >= 11 is 6.07. The predicted octanol–water partition coefficient (Wildman–Crippen LogP) is 3.48. The van der Waals surface area contributed by atoms with E-state index in [2.05, 4.69) is 5.32 Å². The molecule has 6 heteroatoms. The average molecular weight is 364 g/mol. The number of hydrogen-bond acceptors (Lipinski definition) is 5. The lowest BCUT2D eigenvalue weighted by molar-refractivity contribution is 0.0600. The minimum atomic E-state index is -0.398. The van der Waals surface area contributed by atoms with Crippen LogP contribution in [0.2, 0.25) is 5.02 Å². The Balaban J connectivity index is 1.95. The number of rotatable bonds is 8. The molecule has 2 rings (SSSR count). The Kier molecular flexibility index (Phi) is 7.10. The fourth-order valence-electron chi connectivity index (χ4n) is 2.52. The molecule has 25 heavy (non-hydrogen) atoms. The first-order valence-electron chi connectivity index (χ1n) is 7.86. The molecule has 0 aliphatic rings. The number of carbonyl (C=O) groups excluding carboxylic acids is 1. The van der Waals surface area contributed by atoms with Crippen molar-refractivity contribution >= 4 is 17.6 Å². The van der Waals surface area contributed by atoms with E-state index in [1.807, 2.05) is 24.3 Å². The second-order valence-electron chi connectivity index (χ2n) is 5.44. The highest BCUT2D eigenvalue weighted by Gasteiger charge is 2.09. The third-order valence-corrected chi connectivity index (χ3v) is 3.98. The van der Waals surface area contributed by atoms with Gasteiger partial charge in [0.1, 0.15) is 11.5 Å². The molecule has 1 N–H and O–H groups in total. The highest BCUT2D eigenvalue weighted by Crippen LogP contribution is 2.24. The summed E-state index contributed by atoms with van der Waals surface area (Å²) in [6, 6.07) is 10.9. The topological polar surface area (TPSA) is 56.8 Å². The van der Waals surface area contributed by atoms with Crippen LogP contribution in [0.4, 0.5) is 0 Å². The summed E-state index contributed by atoms with van der Waals surface area (Å²) in [4.78, 5) is 11.6. The normalized spacial score (nSPS) is 10.4. The summed E-state index contributed by atoms with van der Waals surface area (Å²) in [7, 11) is 4.64. The lowest BCUT2D eigenvalue weighted by atomic mass is 10.1. The van der Waals surface area contributed by atoms with Gasteiger partial charge < -0.3 is 19.5 Å². The van der Waals surface area contributed by atoms with Crippen molar-refractivity contribution in [3.8, 4) is 11.5 Å². The molecule has 0 fully saturated rings.